The highest BCUT2D eigenvalue weighted by Gasteiger charge is 2.05. The lowest BCUT2D eigenvalue weighted by Gasteiger charge is -1.97. The Kier molecular flexibility index (Phi) is 2.45. The summed E-state index contributed by atoms with van der Waals surface area (Å²) < 4.78 is 0.765. The molecule has 0 amide bonds. The highest BCUT2D eigenvalue weighted by Crippen LogP contribution is 2.19. The minimum Gasteiger partial charge on any atom is -0.361 e. The van der Waals surface area contributed by atoms with Gasteiger partial charge in [0.25, 0.3) is 5.82 Å². The second kappa shape index (κ2) is 3.18. The van der Waals surface area contributed by atoms with Gasteiger partial charge in [-0.2, -0.15) is 0 Å². The van der Waals surface area contributed by atoms with Crippen molar-refractivity contribution in [2.24, 2.45) is 0 Å². The van der Waals surface area contributed by atoms with Crippen LogP contribution in [0.25, 0.3) is 4.85 Å². The maximum absolute atomic E-state index is 6.67. The molecule has 0 bridgehead atoms. The number of halogens is 1. The molecule has 0 aliphatic rings. The van der Waals surface area contributed by atoms with Gasteiger partial charge >= 0.3 is 0 Å². The Balaban J connectivity index is 3.35. The van der Waals surface area contributed by atoms with E-state index in [1.807, 2.05) is 22.6 Å². The molecule has 0 fully saturated rings. The normalized spacial score (nSPS) is 9.27. The fraction of sp³-hybridized carbons (Fsp3) is 0. The molecular formula is C8H3IN2. The van der Waals surface area contributed by atoms with Gasteiger partial charge in [0.2, 0.25) is 0 Å². The number of nitrogens with zero attached hydrogens (tertiary/aromatic N) is 2. The molecule has 0 spiro atoms. The van der Waals surface area contributed by atoms with Crippen molar-refractivity contribution in [3.63, 3.8) is 0 Å². The van der Waals surface area contributed by atoms with Crippen LogP contribution in [-0.4, -0.2) is 4.98 Å². The molecule has 0 aromatic carbocycles. The lowest BCUT2D eigenvalue weighted by molar-refractivity contribution is 1.25. The van der Waals surface area contributed by atoms with Crippen LogP contribution < -0.4 is 0 Å². The fourth-order valence-corrected chi connectivity index (χ4v) is 1.14. The second-order valence-corrected chi connectivity index (χ2v) is 3.04. The van der Waals surface area contributed by atoms with Crippen LogP contribution in [0.5, 0.6) is 0 Å². The first-order valence-electron chi connectivity index (χ1n) is 2.74. The van der Waals surface area contributed by atoms with E-state index in [1.54, 1.807) is 6.07 Å². The Labute approximate surface area is 79.6 Å². The third kappa shape index (κ3) is 1.69. The van der Waals surface area contributed by atoms with Crippen molar-refractivity contribution in [3.8, 4) is 0 Å². The lowest BCUT2D eigenvalue weighted by Crippen LogP contribution is -1.89. The van der Waals surface area contributed by atoms with Crippen molar-refractivity contribution in [2.75, 3.05) is 0 Å². The Bertz CT molecular complexity index is 302. The molecule has 0 N–H and O–H groups in total. The molecule has 1 aromatic heterocycles. The predicted octanol–water partition coefficient (Wildman–Crippen LogP) is 2.36. The Morgan fingerprint density at radius 1 is 1.55 bits per heavy atom. The standard InChI is InChI=1S/C8H3IN2/c1-5-6(2)11-8(10-3)4-7(5)9/h1-2,4H. The molecule has 0 saturated carbocycles. The number of hydrogen-bond donors (Lipinski definition) is 0. The number of rotatable bonds is 0. The van der Waals surface area contributed by atoms with Crippen LogP contribution in [0, 0.1) is 24.0 Å². The quantitative estimate of drug-likeness (QED) is 0.513. The minimum atomic E-state index is 0.225. The van der Waals surface area contributed by atoms with Crippen molar-refractivity contribution in [3.05, 3.63) is 46.2 Å². The van der Waals surface area contributed by atoms with Crippen LogP contribution in [-0.2, 0) is 0 Å². The molecule has 0 aliphatic carbocycles. The van der Waals surface area contributed by atoms with Crippen LogP contribution in [0.15, 0.2) is 6.07 Å². The van der Waals surface area contributed by atoms with Crippen molar-refractivity contribution < 1.29 is 0 Å². The molecule has 1 rings (SSSR count). The van der Waals surface area contributed by atoms with E-state index in [-0.39, 0.29) is 11.5 Å². The maximum Gasteiger partial charge on any atom is 0.270 e. The van der Waals surface area contributed by atoms with E-state index in [4.69, 9.17) is 20.4 Å². The largest absolute Gasteiger partial charge is 0.361 e. The smallest absolute Gasteiger partial charge is 0.270 e. The zero-order valence-corrected chi connectivity index (χ0v) is 7.66. The summed E-state index contributed by atoms with van der Waals surface area (Å²) >= 11 is 2.01. The molecule has 1 aromatic rings. The molecule has 1 heterocycles. The molecule has 52 valence electrons. The summed E-state index contributed by atoms with van der Waals surface area (Å²) in [5.41, 5.74) is 0.668. The number of hydrogen-bond acceptors (Lipinski definition) is 1. The fourth-order valence-electron chi connectivity index (χ4n) is 0.587. The zero-order valence-electron chi connectivity index (χ0n) is 5.50. The summed E-state index contributed by atoms with van der Waals surface area (Å²) in [6.45, 7) is 17.6. The predicted molar refractivity (Wildman–Crippen MR) is 50.0 cm³/mol. The Hall–Kier alpha value is -0.630. The molecule has 2 nitrogen and oxygen atoms in total. The van der Waals surface area contributed by atoms with Crippen molar-refractivity contribution >= 4 is 28.4 Å². The van der Waals surface area contributed by atoms with Gasteiger partial charge in [0.15, 0.2) is 0 Å². The van der Waals surface area contributed by atoms with Gasteiger partial charge in [-0.1, -0.05) is 6.57 Å². The third-order valence-electron chi connectivity index (χ3n) is 1.14. The Morgan fingerprint density at radius 3 is 2.64 bits per heavy atom. The van der Waals surface area contributed by atoms with Gasteiger partial charge in [0, 0.05) is 23.0 Å². The van der Waals surface area contributed by atoms with Gasteiger partial charge in [-0.3, -0.25) is 0 Å². The summed E-state index contributed by atoms with van der Waals surface area (Å²) in [5, 5.41) is 0. The van der Waals surface area contributed by atoms with Crippen LogP contribution in [0.1, 0.15) is 11.3 Å². The van der Waals surface area contributed by atoms with Gasteiger partial charge in [0.05, 0.1) is 0 Å². The van der Waals surface area contributed by atoms with Crippen molar-refractivity contribution in [1.82, 2.24) is 4.98 Å². The van der Waals surface area contributed by atoms with Gasteiger partial charge in [-0.05, 0) is 28.7 Å². The summed E-state index contributed by atoms with van der Waals surface area (Å²) in [5.74, 6) is 0.279. The van der Waals surface area contributed by atoms with Gasteiger partial charge in [0.1, 0.15) is 5.69 Å². The number of pyridine rings is 1. The van der Waals surface area contributed by atoms with Crippen LogP contribution >= 0.6 is 22.6 Å². The SMILES string of the molecule is [C-]#[N+]c1cc(I)c([CH])c([CH])n1. The van der Waals surface area contributed by atoms with Crippen molar-refractivity contribution in [1.29, 1.82) is 0 Å². The Morgan fingerprint density at radius 2 is 2.18 bits per heavy atom. The molecule has 11 heavy (non-hydrogen) atoms. The molecule has 4 radical (unpaired) electrons. The highest BCUT2D eigenvalue weighted by molar-refractivity contribution is 14.1. The van der Waals surface area contributed by atoms with Crippen LogP contribution in [0.4, 0.5) is 5.82 Å². The first-order chi connectivity index (χ1) is 5.15. The molecule has 0 aliphatic heterocycles. The highest BCUT2D eigenvalue weighted by atomic mass is 127. The number of aromatic nitrogens is 1. The topological polar surface area (TPSA) is 17.2 Å². The summed E-state index contributed by atoms with van der Waals surface area (Å²) in [6, 6.07) is 1.60. The van der Waals surface area contributed by atoms with E-state index < -0.39 is 0 Å². The van der Waals surface area contributed by atoms with Crippen molar-refractivity contribution in [2.45, 2.75) is 0 Å². The molecule has 0 atom stereocenters. The summed E-state index contributed by atoms with van der Waals surface area (Å²) in [4.78, 5) is 6.88. The first kappa shape index (κ1) is 8.47. The first-order valence-corrected chi connectivity index (χ1v) is 3.82. The van der Waals surface area contributed by atoms with E-state index in [2.05, 4.69) is 9.83 Å². The van der Waals surface area contributed by atoms with E-state index in [9.17, 15) is 0 Å². The third-order valence-corrected chi connectivity index (χ3v) is 2.03. The van der Waals surface area contributed by atoms with Gasteiger partial charge in [-0.25, -0.2) is 0 Å². The van der Waals surface area contributed by atoms with Crippen LogP contribution in [0.3, 0.4) is 0 Å². The van der Waals surface area contributed by atoms with Gasteiger partial charge < -0.3 is 4.85 Å². The average Bonchev–Trinajstić information content (AvgIpc) is 1.99. The maximum atomic E-state index is 6.67. The molecular weight excluding hydrogens is 251 g/mol. The van der Waals surface area contributed by atoms with E-state index in [0.717, 1.165) is 3.57 Å². The monoisotopic (exact) mass is 254 g/mol. The van der Waals surface area contributed by atoms with E-state index in [1.165, 1.54) is 0 Å². The van der Waals surface area contributed by atoms with E-state index in [0.29, 0.717) is 5.56 Å². The molecule has 0 saturated heterocycles. The molecule has 3 heteroatoms. The summed E-state index contributed by atoms with van der Waals surface area (Å²) in [7, 11) is 0. The zero-order chi connectivity index (χ0) is 8.43. The van der Waals surface area contributed by atoms with Gasteiger partial charge in [-0.15, -0.1) is 4.98 Å². The molecule has 0 unspecified atom stereocenters. The lowest BCUT2D eigenvalue weighted by atomic mass is 10.2. The second-order valence-electron chi connectivity index (χ2n) is 1.87. The minimum absolute atomic E-state index is 0.225. The average molecular weight is 254 g/mol. The van der Waals surface area contributed by atoms with Crippen LogP contribution in [0.2, 0.25) is 0 Å². The van der Waals surface area contributed by atoms with E-state index >= 15 is 0 Å². The summed E-state index contributed by atoms with van der Waals surface area (Å²) in [6.07, 6.45) is 0.